The summed E-state index contributed by atoms with van der Waals surface area (Å²) in [4.78, 5) is 24.3. The monoisotopic (exact) mass is 376 g/mol. The topological polar surface area (TPSA) is 92.8 Å². The molecule has 0 radical (unpaired) electrons. The van der Waals surface area contributed by atoms with E-state index in [-0.39, 0.29) is 16.8 Å². The molecule has 2 aromatic rings. The molecule has 0 heterocycles. The fraction of sp³-hybridized carbons (Fsp3) is 0.222. The van der Waals surface area contributed by atoms with Crippen LogP contribution in [0.5, 0.6) is 0 Å². The Morgan fingerprint density at radius 3 is 2.27 bits per heavy atom. The second kappa shape index (κ2) is 8.01. The van der Waals surface area contributed by atoms with Crippen LogP contribution < -0.4 is 9.62 Å². The van der Waals surface area contributed by atoms with E-state index in [9.17, 15) is 18.0 Å². The molecule has 0 aromatic heterocycles. The molecule has 0 saturated heterocycles. The highest BCUT2D eigenvalue weighted by Gasteiger charge is 2.18. The van der Waals surface area contributed by atoms with E-state index >= 15 is 0 Å². The van der Waals surface area contributed by atoms with Gasteiger partial charge < -0.3 is 10.1 Å². The number of benzene rings is 2. The molecule has 0 unspecified atom stereocenters. The lowest BCUT2D eigenvalue weighted by molar-refractivity contribution is 0.0600. The molecule has 2 rings (SSSR count). The van der Waals surface area contributed by atoms with Crippen LogP contribution >= 0.6 is 0 Å². The minimum Gasteiger partial charge on any atom is -0.465 e. The van der Waals surface area contributed by atoms with E-state index in [2.05, 4.69) is 10.1 Å². The molecule has 0 fully saturated rings. The van der Waals surface area contributed by atoms with Crippen LogP contribution in [0.3, 0.4) is 0 Å². The number of ether oxygens (including phenoxy) is 1. The zero-order chi connectivity index (χ0) is 19.3. The summed E-state index contributed by atoms with van der Waals surface area (Å²) in [6.07, 6.45) is 1.03. The highest BCUT2D eigenvalue weighted by molar-refractivity contribution is 7.92. The maximum absolute atomic E-state index is 12.5. The number of esters is 1. The Morgan fingerprint density at radius 2 is 1.69 bits per heavy atom. The standard InChI is InChI=1S/C18H20N2O5S/c1-20(26(3,23)24)16-10-14(9-15(11-16)18(22)25-2)17(21)19-12-13-7-5-4-6-8-13/h4-11H,12H2,1-3H3,(H,19,21). The van der Waals surface area contributed by atoms with Gasteiger partial charge in [-0.15, -0.1) is 0 Å². The molecular weight excluding hydrogens is 356 g/mol. The van der Waals surface area contributed by atoms with Crippen molar-refractivity contribution in [1.29, 1.82) is 0 Å². The summed E-state index contributed by atoms with van der Waals surface area (Å²) >= 11 is 0. The van der Waals surface area contributed by atoms with Crippen LogP contribution in [0.2, 0.25) is 0 Å². The van der Waals surface area contributed by atoms with E-state index in [1.165, 1.54) is 32.4 Å². The second-order valence-corrected chi connectivity index (χ2v) is 7.67. The van der Waals surface area contributed by atoms with Crippen molar-refractivity contribution in [2.45, 2.75) is 6.54 Å². The third kappa shape index (κ3) is 4.82. The minimum absolute atomic E-state index is 0.0883. The fourth-order valence-corrected chi connectivity index (χ4v) is 2.72. The number of methoxy groups -OCH3 is 1. The average Bonchev–Trinajstić information content (AvgIpc) is 2.64. The van der Waals surface area contributed by atoms with Crippen LogP contribution in [0.1, 0.15) is 26.3 Å². The van der Waals surface area contributed by atoms with Crippen molar-refractivity contribution in [3.63, 3.8) is 0 Å². The van der Waals surface area contributed by atoms with E-state index < -0.39 is 21.9 Å². The number of amides is 1. The molecule has 8 heteroatoms. The van der Waals surface area contributed by atoms with E-state index in [4.69, 9.17) is 0 Å². The SMILES string of the molecule is COC(=O)c1cc(C(=O)NCc2ccccc2)cc(N(C)S(C)(=O)=O)c1. The van der Waals surface area contributed by atoms with Crippen molar-refractivity contribution < 1.29 is 22.7 Å². The van der Waals surface area contributed by atoms with Crippen LogP contribution in [0.4, 0.5) is 5.69 Å². The predicted molar refractivity (Wildman–Crippen MR) is 98.6 cm³/mol. The van der Waals surface area contributed by atoms with Crippen LogP contribution in [-0.2, 0) is 21.3 Å². The maximum atomic E-state index is 12.5. The third-order valence-electron chi connectivity index (χ3n) is 3.76. The van der Waals surface area contributed by atoms with E-state index in [1.54, 1.807) is 0 Å². The Morgan fingerprint density at radius 1 is 1.08 bits per heavy atom. The molecule has 1 N–H and O–H groups in total. The van der Waals surface area contributed by atoms with E-state index in [0.717, 1.165) is 16.1 Å². The van der Waals surface area contributed by atoms with E-state index in [0.29, 0.717) is 6.54 Å². The molecule has 138 valence electrons. The van der Waals surface area contributed by atoms with Gasteiger partial charge in [0.1, 0.15) is 0 Å². The summed E-state index contributed by atoms with van der Waals surface area (Å²) < 4.78 is 29.2. The maximum Gasteiger partial charge on any atom is 0.337 e. The molecule has 7 nitrogen and oxygen atoms in total. The van der Waals surface area contributed by atoms with Gasteiger partial charge in [-0.2, -0.15) is 0 Å². The van der Waals surface area contributed by atoms with Crippen LogP contribution in [0, 0.1) is 0 Å². The molecule has 0 aliphatic rings. The van der Waals surface area contributed by atoms with Crippen LogP contribution in [-0.4, -0.2) is 40.7 Å². The van der Waals surface area contributed by atoms with Gasteiger partial charge in [-0.3, -0.25) is 9.10 Å². The predicted octanol–water partition coefficient (Wildman–Crippen LogP) is 1.80. The van der Waals surface area contributed by atoms with Gasteiger partial charge in [-0.05, 0) is 23.8 Å². The first-order chi connectivity index (χ1) is 12.2. The normalized spacial score (nSPS) is 10.9. The number of rotatable bonds is 6. The zero-order valence-electron chi connectivity index (χ0n) is 14.7. The van der Waals surface area contributed by atoms with Crippen molar-refractivity contribution in [2.24, 2.45) is 0 Å². The Bertz CT molecular complexity index is 910. The van der Waals surface area contributed by atoms with Gasteiger partial charge >= 0.3 is 5.97 Å². The Balaban J connectivity index is 2.33. The molecule has 26 heavy (non-hydrogen) atoms. The molecule has 0 bridgehead atoms. The van der Waals surface area contributed by atoms with E-state index in [1.807, 2.05) is 30.3 Å². The second-order valence-electron chi connectivity index (χ2n) is 5.66. The Hall–Kier alpha value is -2.87. The number of hydrogen-bond donors (Lipinski definition) is 1. The quantitative estimate of drug-likeness (QED) is 0.776. The molecule has 0 aliphatic heterocycles. The summed E-state index contributed by atoms with van der Waals surface area (Å²) in [5.41, 5.74) is 1.36. The number of carbonyl (C=O) groups excluding carboxylic acids is 2. The number of hydrogen-bond acceptors (Lipinski definition) is 5. The van der Waals surface area contributed by atoms with Crippen molar-refractivity contribution in [1.82, 2.24) is 5.32 Å². The lowest BCUT2D eigenvalue weighted by atomic mass is 10.1. The van der Waals surface area contributed by atoms with Crippen LogP contribution in [0.15, 0.2) is 48.5 Å². The molecule has 0 saturated carbocycles. The van der Waals surface area contributed by atoms with Crippen LogP contribution in [0.25, 0.3) is 0 Å². The fourth-order valence-electron chi connectivity index (χ4n) is 2.23. The summed E-state index contributed by atoms with van der Waals surface area (Å²) in [6, 6.07) is 13.5. The first kappa shape index (κ1) is 19.5. The summed E-state index contributed by atoms with van der Waals surface area (Å²) in [5, 5.41) is 2.75. The highest BCUT2D eigenvalue weighted by atomic mass is 32.2. The Labute approximate surface area is 152 Å². The zero-order valence-corrected chi connectivity index (χ0v) is 15.5. The number of carbonyl (C=O) groups is 2. The number of nitrogens with zero attached hydrogens (tertiary/aromatic N) is 1. The molecule has 0 aliphatic carbocycles. The van der Waals surface area contributed by atoms with Gasteiger partial charge in [-0.1, -0.05) is 30.3 Å². The van der Waals surface area contributed by atoms with Crippen molar-refractivity contribution in [2.75, 3.05) is 24.7 Å². The van der Waals surface area contributed by atoms with Gasteiger partial charge in [0.2, 0.25) is 10.0 Å². The lowest BCUT2D eigenvalue weighted by Crippen LogP contribution is -2.27. The highest BCUT2D eigenvalue weighted by Crippen LogP contribution is 2.21. The van der Waals surface area contributed by atoms with Crippen molar-refractivity contribution in [3.8, 4) is 0 Å². The summed E-state index contributed by atoms with van der Waals surface area (Å²) in [5.74, 6) is -1.09. The van der Waals surface area contributed by atoms with Crippen molar-refractivity contribution in [3.05, 3.63) is 65.2 Å². The average molecular weight is 376 g/mol. The number of sulfonamides is 1. The molecule has 0 atom stereocenters. The lowest BCUT2D eigenvalue weighted by Gasteiger charge is -2.18. The minimum atomic E-state index is -3.55. The molecule has 2 aromatic carbocycles. The number of nitrogens with one attached hydrogen (secondary N) is 1. The molecule has 1 amide bonds. The first-order valence-corrected chi connectivity index (χ1v) is 9.56. The smallest absolute Gasteiger partial charge is 0.337 e. The third-order valence-corrected chi connectivity index (χ3v) is 4.96. The van der Waals surface area contributed by atoms with Gasteiger partial charge in [0.25, 0.3) is 5.91 Å². The van der Waals surface area contributed by atoms with Gasteiger partial charge in [0.15, 0.2) is 0 Å². The molecular formula is C18H20N2O5S. The summed E-state index contributed by atoms with van der Waals surface area (Å²) in [6.45, 7) is 0.305. The van der Waals surface area contributed by atoms with Gasteiger partial charge in [0.05, 0.1) is 24.6 Å². The molecule has 0 spiro atoms. The van der Waals surface area contributed by atoms with Gasteiger partial charge in [-0.25, -0.2) is 13.2 Å². The van der Waals surface area contributed by atoms with Crippen molar-refractivity contribution >= 4 is 27.6 Å². The Kier molecular flexibility index (Phi) is 5.99. The number of anilines is 1. The van der Waals surface area contributed by atoms with Gasteiger partial charge in [0, 0.05) is 19.2 Å². The first-order valence-electron chi connectivity index (χ1n) is 7.72. The summed E-state index contributed by atoms with van der Waals surface area (Å²) in [7, 11) is -0.996. The largest absolute Gasteiger partial charge is 0.465 e.